The largest absolute Gasteiger partial charge is 0.478 e. The van der Waals surface area contributed by atoms with E-state index in [1.807, 2.05) is 0 Å². The number of carboxylic acid groups (broad SMARTS) is 1. The predicted octanol–water partition coefficient (Wildman–Crippen LogP) is 6.83. The predicted molar refractivity (Wildman–Crippen MR) is 144 cm³/mol. The molecule has 0 saturated heterocycles. The number of hydrogen-bond acceptors (Lipinski definition) is 4. The average Bonchev–Trinajstić information content (AvgIpc) is 2.85. The van der Waals surface area contributed by atoms with Crippen molar-refractivity contribution in [3.05, 3.63) is 35.4 Å². The SMILES string of the molecule is CCCCCCCCCCCCCCCCCC(=O)NCC(=O)CC(=O)Cc1ccccc1C(=O)O. The molecule has 0 heterocycles. The smallest absolute Gasteiger partial charge is 0.335 e. The van der Waals surface area contributed by atoms with Crippen molar-refractivity contribution in [1.82, 2.24) is 5.32 Å². The first-order valence-electron chi connectivity index (χ1n) is 14.0. The number of unbranched alkanes of at least 4 members (excludes halogenated alkanes) is 14. The number of carbonyl (C=O) groups is 4. The second kappa shape index (κ2) is 20.7. The second-order valence-corrected chi connectivity index (χ2v) is 9.87. The van der Waals surface area contributed by atoms with Crippen molar-refractivity contribution in [2.75, 3.05) is 6.54 Å². The number of carboxylic acids is 1. The van der Waals surface area contributed by atoms with Gasteiger partial charge in [0.1, 0.15) is 5.78 Å². The van der Waals surface area contributed by atoms with E-state index < -0.39 is 5.97 Å². The van der Waals surface area contributed by atoms with E-state index in [1.54, 1.807) is 18.2 Å². The van der Waals surface area contributed by atoms with Crippen LogP contribution in [-0.2, 0) is 20.8 Å². The molecule has 0 bridgehead atoms. The van der Waals surface area contributed by atoms with Crippen molar-refractivity contribution in [2.45, 2.75) is 122 Å². The van der Waals surface area contributed by atoms with Gasteiger partial charge in [0.25, 0.3) is 0 Å². The molecule has 1 amide bonds. The van der Waals surface area contributed by atoms with Crippen molar-refractivity contribution in [2.24, 2.45) is 0 Å². The first-order valence-corrected chi connectivity index (χ1v) is 14.0. The molecule has 1 aromatic carbocycles. The quantitative estimate of drug-likeness (QED) is 0.126. The zero-order chi connectivity index (χ0) is 26.4. The van der Waals surface area contributed by atoms with Crippen molar-refractivity contribution in [1.29, 1.82) is 0 Å². The van der Waals surface area contributed by atoms with Crippen LogP contribution in [0.15, 0.2) is 24.3 Å². The van der Waals surface area contributed by atoms with Gasteiger partial charge in [0.05, 0.1) is 18.5 Å². The van der Waals surface area contributed by atoms with Gasteiger partial charge in [-0.15, -0.1) is 0 Å². The summed E-state index contributed by atoms with van der Waals surface area (Å²) in [6.07, 6.45) is 19.0. The molecule has 6 nitrogen and oxygen atoms in total. The van der Waals surface area contributed by atoms with E-state index in [9.17, 15) is 24.3 Å². The molecule has 0 saturated carbocycles. The number of benzene rings is 1. The molecule has 0 aromatic heterocycles. The number of aromatic carboxylic acids is 1. The molecule has 36 heavy (non-hydrogen) atoms. The second-order valence-electron chi connectivity index (χ2n) is 9.87. The highest BCUT2D eigenvalue weighted by Gasteiger charge is 2.15. The van der Waals surface area contributed by atoms with Gasteiger partial charge in [-0.2, -0.15) is 0 Å². The minimum absolute atomic E-state index is 0.0649. The maximum Gasteiger partial charge on any atom is 0.335 e. The molecule has 0 aliphatic rings. The zero-order valence-corrected chi connectivity index (χ0v) is 22.3. The highest BCUT2D eigenvalue weighted by molar-refractivity contribution is 6.02. The van der Waals surface area contributed by atoms with Gasteiger partial charge in [-0.25, -0.2) is 4.79 Å². The third kappa shape index (κ3) is 16.2. The van der Waals surface area contributed by atoms with E-state index in [-0.39, 0.29) is 42.4 Å². The third-order valence-electron chi connectivity index (χ3n) is 6.52. The number of carbonyl (C=O) groups excluding carboxylic acids is 3. The van der Waals surface area contributed by atoms with Crippen LogP contribution in [0.1, 0.15) is 132 Å². The van der Waals surface area contributed by atoms with Crippen LogP contribution in [0.3, 0.4) is 0 Å². The van der Waals surface area contributed by atoms with Crippen molar-refractivity contribution >= 4 is 23.4 Å². The van der Waals surface area contributed by atoms with Gasteiger partial charge >= 0.3 is 5.97 Å². The Morgan fingerprint density at radius 3 is 1.72 bits per heavy atom. The molecule has 0 aliphatic carbocycles. The summed E-state index contributed by atoms with van der Waals surface area (Å²) in [7, 11) is 0. The summed E-state index contributed by atoms with van der Waals surface area (Å²) < 4.78 is 0. The highest BCUT2D eigenvalue weighted by Crippen LogP contribution is 2.14. The summed E-state index contributed by atoms with van der Waals surface area (Å²) in [5.74, 6) is -1.99. The first kappa shape index (κ1) is 31.5. The molecule has 1 rings (SSSR count). The molecular weight excluding hydrogens is 454 g/mol. The van der Waals surface area contributed by atoms with Crippen molar-refractivity contribution in [3.63, 3.8) is 0 Å². The van der Waals surface area contributed by atoms with Crippen LogP contribution in [0.4, 0.5) is 0 Å². The van der Waals surface area contributed by atoms with E-state index in [0.717, 1.165) is 19.3 Å². The minimum atomic E-state index is -1.10. The average molecular weight is 502 g/mol. The molecule has 6 heteroatoms. The van der Waals surface area contributed by atoms with Gasteiger partial charge in [0.2, 0.25) is 5.91 Å². The third-order valence-corrected chi connectivity index (χ3v) is 6.52. The summed E-state index contributed by atoms with van der Waals surface area (Å²) in [5, 5.41) is 11.8. The lowest BCUT2D eigenvalue weighted by Gasteiger charge is -2.07. The molecule has 1 aromatic rings. The van der Waals surface area contributed by atoms with E-state index in [1.165, 1.54) is 83.1 Å². The van der Waals surface area contributed by atoms with Crippen LogP contribution >= 0.6 is 0 Å². The highest BCUT2D eigenvalue weighted by atomic mass is 16.4. The van der Waals surface area contributed by atoms with Gasteiger partial charge in [0, 0.05) is 12.8 Å². The number of nitrogens with one attached hydrogen (secondary N) is 1. The van der Waals surface area contributed by atoms with Gasteiger partial charge in [-0.1, -0.05) is 115 Å². The molecule has 0 aliphatic heterocycles. The fourth-order valence-electron chi connectivity index (χ4n) is 4.38. The molecule has 0 atom stereocenters. The Kier molecular flexibility index (Phi) is 18.1. The van der Waals surface area contributed by atoms with Crippen molar-refractivity contribution < 1.29 is 24.3 Å². The van der Waals surface area contributed by atoms with Gasteiger partial charge in [-0.3, -0.25) is 14.4 Å². The number of hydrogen-bond donors (Lipinski definition) is 2. The van der Waals surface area contributed by atoms with Gasteiger partial charge in [0.15, 0.2) is 5.78 Å². The molecular formula is C30H47NO5. The summed E-state index contributed by atoms with van der Waals surface area (Å²) >= 11 is 0. The molecule has 2 N–H and O–H groups in total. The lowest BCUT2D eigenvalue weighted by molar-refractivity contribution is -0.129. The lowest BCUT2D eigenvalue weighted by Crippen LogP contribution is -2.30. The molecule has 202 valence electrons. The maximum atomic E-state index is 12.1. The van der Waals surface area contributed by atoms with E-state index in [0.29, 0.717) is 12.0 Å². The fraction of sp³-hybridized carbons (Fsp3) is 0.667. The van der Waals surface area contributed by atoms with E-state index in [2.05, 4.69) is 12.2 Å². The minimum Gasteiger partial charge on any atom is -0.478 e. The number of ketones is 2. The Bertz CT molecular complexity index is 789. The fourth-order valence-corrected chi connectivity index (χ4v) is 4.38. The number of amides is 1. The van der Waals surface area contributed by atoms with Crippen LogP contribution in [0.2, 0.25) is 0 Å². The Morgan fingerprint density at radius 2 is 1.19 bits per heavy atom. The number of Topliss-reactive ketones (excluding diaryl/α,β-unsaturated/α-hetero) is 2. The molecule has 0 radical (unpaired) electrons. The Balaban J connectivity index is 1.98. The zero-order valence-electron chi connectivity index (χ0n) is 22.3. The van der Waals surface area contributed by atoms with E-state index >= 15 is 0 Å². The maximum absolute atomic E-state index is 12.1. The monoisotopic (exact) mass is 501 g/mol. The van der Waals surface area contributed by atoms with Crippen LogP contribution < -0.4 is 5.32 Å². The molecule has 0 fully saturated rings. The van der Waals surface area contributed by atoms with E-state index in [4.69, 9.17) is 0 Å². The van der Waals surface area contributed by atoms with Gasteiger partial charge < -0.3 is 10.4 Å². The lowest BCUT2D eigenvalue weighted by atomic mass is 10.00. The normalized spacial score (nSPS) is 10.8. The van der Waals surface area contributed by atoms with Crippen LogP contribution in [0, 0.1) is 0 Å². The standard InChI is InChI=1S/C30H47NO5/c1-2-3-4-5-6-7-8-9-10-11-12-13-14-15-16-21-29(34)31-24-27(33)23-26(32)22-25-19-17-18-20-28(25)30(35)36/h17-20H,2-16,21-24H2,1H3,(H,31,34)(H,35,36). The summed E-state index contributed by atoms with van der Waals surface area (Å²) in [6, 6.07) is 6.27. The molecule has 0 unspecified atom stereocenters. The van der Waals surface area contributed by atoms with Crippen LogP contribution in [0.5, 0.6) is 0 Å². The Labute approximate surface area is 217 Å². The van der Waals surface area contributed by atoms with Crippen LogP contribution in [0.25, 0.3) is 0 Å². The summed E-state index contributed by atoms with van der Waals surface area (Å²) in [6.45, 7) is 2.09. The Hall–Kier alpha value is -2.50. The topological polar surface area (TPSA) is 101 Å². The van der Waals surface area contributed by atoms with Crippen molar-refractivity contribution in [3.8, 4) is 0 Å². The summed E-state index contributed by atoms with van der Waals surface area (Å²) in [4.78, 5) is 47.4. The van der Waals surface area contributed by atoms with Crippen LogP contribution in [-0.4, -0.2) is 35.1 Å². The summed E-state index contributed by atoms with van der Waals surface area (Å²) in [5.41, 5.74) is 0.454. The van der Waals surface area contributed by atoms with Gasteiger partial charge in [-0.05, 0) is 18.1 Å². The number of rotatable bonds is 23. The Morgan fingerprint density at radius 1 is 0.694 bits per heavy atom. The first-order chi connectivity index (χ1) is 17.4. The molecule has 0 spiro atoms.